The van der Waals surface area contributed by atoms with E-state index >= 15 is 0 Å². The number of nitriles is 1. The number of hydrogen-bond donors (Lipinski definition) is 1. The molecule has 108 valence electrons. The second-order valence-electron chi connectivity index (χ2n) is 6.87. The van der Waals surface area contributed by atoms with E-state index in [0.29, 0.717) is 13.0 Å². The summed E-state index contributed by atoms with van der Waals surface area (Å²) in [5.74, 6) is 0.905. The molecular weight excluding hydrogens is 248 g/mol. The maximum atomic E-state index is 8.82. The highest BCUT2D eigenvalue weighted by Crippen LogP contribution is 2.48. The molecule has 0 bridgehead atoms. The molecule has 0 aromatic heterocycles. The minimum absolute atomic E-state index is 0.113. The van der Waals surface area contributed by atoms with E-state index in [1.807, 2.05) is 12.1 Å². The van der Waals surface area contributed by atoms with Crippen LogP contribution in [0.25, 0.3) is 0 Å². The third-order valence-corrected chi connectivity index (χ3v) is 3.68. The zero-order valence-corrected chi connectivity index (χ0v) is 12.7. The van der Waals surface area contributed by atoms with Crippen molar-refractivity contribution in [1.29, 1.82) is 5.26 Å². The average Bonchev–Trinajstić information content (AvgIpc) is 3.15. The van der Waals surface area contributed by atoms with E-state index in [1.54, 1.807) is 0 Å². The van der Waals surface area contributed by atoms with E-state index in [2.05, 4.69) is 44.3 Å². The Hall–Kier alpha value is -1.53. The summed E-state index contributed by atoms with van der Waals surface area (Å²) in [6.07, 6.45) is 2.84. The average molecular weight is 272 g/mol. The van der Waals surface area contributed by atoms with Gasteiger partial charge in [0.05, 0.1) is 12.7 Å². The van der Waals surface area contributed by atoms with Crippen molar-refractivity contribution in [3.05, 3.63) is 29.8 Å². The monoisotopic (exact) mass is 272 g/mol. The molecule has 0 radical (unpaired) electrons. The normalized spacial score (nSPS) is 16.5. The highest BCUT2D eigenvalue weighted by Gasteiger charge is 2.43. The summed E-state index contributed by atoms with van der Waals surface area (Å²) in [6.45, 7) is 7.98. The molecule has 1 aromatic carbocycles. The third-order valence-electron chi connectivity index (χ3n) is 3.68. The molecule has 0 amide bonds. The molecule has 0 saturated heterocycles. The Morgan fingerprint density at radius 3 is 2.70 bits per heavy atom. The van der Waals surface area contributed by atoms with Gasteiger partial charge in [-0.2, -0.15) is 5.26 Å². The van der Waals surface area contributed by atoms with Gasteiger partial charge >= 0.3 is 0 Å². The van der Waals surface area contributed by atoms with Crippen LogP contribution in [-0.2, 0) is 6.54 Å². The molecular formula is C17H24N2O. The van der Waals surface area contributed by atoms with Gasteiger partial charge in [-0.3, -0.25) is 0 Å². The molecule has 1 aromatic rings. The highest BCUT2D eigenvalue weighted by atomic mass is 16.5. The van der Waals surface area contributed by atoms with Crippen molar-refractivity contribution in [2.75, 3.05) is 6.61 Å². The van der Waals surface area contributed by atoms with E-state index < -0.39 is 0 Å². The largest absolute Gasteiger partial charge is 0.493 e. The lowest BCUT2D eigenvalue weighted by Crippen LogP contribution is -2.35. The summed E-state index contributed by atoms with van der Waals surface area (Å²) in [4.78, 5) is 0. The summed E-state index contributed by atoms with van der Waals surface area (Å²) in [5.41, 5.74) is 1.47. The van der Waals surface area contributed by atoms with Crippen LogP contribution in [-0.4, -0.2) is 12.1 Å². The van der Waals surface area contributed by atoms with Gasteiger partial charge in [0.2, 0.25) is 0 Å². The molecule has 3 heteroatoms. The fraction of sp³-hybridized carbons (Fsp3) is 0.588. The van der Waals surface area contributed by atoms with E-state index in [9.17, 15) is 0 Å². The highest BCUT2D eigenvalue weighted by molar-refractivity contribution is 5.28. The topological polar surface area (TPSA) is 45.0 Å². The van der Waals surface area contributed by atoms with Gasteiger partial charge in [0.15, 0.2) is 0 Å². The van der Waals surface area contributed by atoms with Crippen molar-refractivity contribution in [1.82, 2.24) is 5.32 Å². The fourth-order valence-electron chi connectivity index (χ4n) is 2.07. The molecule has 2 rings (SSSR count). The Labute approximate surface area is 121 Å². The van der Waals surface area contributed by atoms with Gasteiger partial charge in [-0.1, -0.05) is 12.1 Å². The van der Waals surface area contributed by atoms with Crippen molar-refractivity contribution in [2.45, 2.75) is 52.1 Å². The molecule has 1 aliphatic rings. The Morgan fingerprint density at radius 1 is 1.35 bits per heavy atom. The molecule has 0 heterocycles. The first kappa shape index (κ1) is 14.9. The number of ether oxygens (including phenoxy) is 1. The number of benzene rings is 1. The fourth-order valence-corrected chi connectivity index (χ4v) is 2.07. The van der Waals surface area contributed by atoms with Gasteiger partial charge in [-0.15, -0.1) is 0 Å². The van der Waals surface area contributed by atoms with Crippen LogP contribution < -0.4 is 10.1 Å². The molecule has 1 fully saturated rings. The first-order chi connectivity index (χ1) is 9.42. The second kappa shape index (κ2) is 5.85. The lowest BCUT2D eigenvalue weighted by Gasteiger charge is -2.21. The minimum Gasteiger partial charge on any atom is -0.493 e. The lowest BCUT2D eigenvalue weighted by atomic mass is 10.1. The lowest BCUT2D eigenvalue weighted by molar-refractivity contribution is 0.236. The van der Waals surface area contributed by atoms with Crippen LogP contribution in [0, 0.1) is 16.7 Å². The molecule has 0 spiro atoms. The first-order valence-electron chi connectivity index (χ1n) is 7.26. The van der Waals surface area contributed by atoms with Crippen LogP contribution in [0.15, 0.2) is 24.3 Å². The van der Waals surface area contributed by atoms with Gasteiger partial charge in [0.1, 0.15) is 5.75 Å². The summed E-state index contributed by atoms with van der Waals surface area (Å²) in [5, 5.41) is 12.3. The van der Waals surface area contributed by atoms with E-state index in [-0.39, 0.29) is 11.0 Å². The molecule has 1 saturated carbocycles. The zero-order chi connectivity index (χ0) is 14.6. The van der Waals surface area contributed by atoms with Crippen molar-refractivity contribution < 1.29 is 4.74 Å². The van der Waals surface area contributed by atoms with Crippen molar-refractivity contribution in [2.24, 2.45) is 5.41 Å². The van der Waals surface area contributed by atoms with Gasteiger partial charge < -0.3 is 10.1 Å². The first-order valence-corrected chi connectivity index (χ1v) is 7.26. The second-order valence-corrected chi connectivity index (χ2v) is 6.87. The molecule has 20 heavy (non-hydrogen) atoms. The van der Waals surface area contributed by atoms with Gasteiger partial charge in [0.25, 0.3) is 0 Å². The van der Waals surface area contributed by atoms with Crippen LogP contribution in [0.1, 0.15) is 45.6 Å². The predicted octanol–water partition coefficient (Wildman–Crippen LogP) is 3.65. The van der Waals surface area contributed by atoms with Crippen LogP contribution in [0.3, 0.4) is 0 Å². The van der Waals surface area contributed by atoms with Crippen LogP contribution >= 0.6 is 0 Å². The van der Waals surface area contributed by atoms with E-state index in [1.165, 1.54) is 5.56 Å². The van der Waals surface area contributed by atoms with Crippen molar-refractivity contribution >= 4 is 0 Å². The van der Waals surface area contributed by atoms with Gasteiger partial charge in [-0.05, 0) is 51.3 Å². The minimum atomic E-state index is 0.113. The third kappa shape index (κ3) is 4.54. The number of nitrogens with one attached hydrogen (secondary N) is 1. The smallest absolute Gasteiger partial charge is 0.119 e. The van der Waals surface area contributed by atoms with Crippen molar-refractivity contribution in [3.63, 3.8) is 0 Å². The summed E-state index contributed by atoms with van der Waals surface area (Å²) in [6, 6.07) is 10.5. The van der Waals surface area contributed by atoms with Crippen LogP contribution in [0.2, 0.25) is 0 Å². The SMILES string of the molecule is CC(C)(C)NCc1cccc(OCC2(CC#N)CC2)c1. The standard InChI is InChI=1S/C17H24N2O/c1-16(2,3)19-12-14-5-4-6-15(11-14)20-13-17(7-8-17)9-10-18/h4-6,11,19H,7-9,12-13H2,1-3H3. The predicted molar refractivity (Wildman–Crippen MR) is 80.4 cm³/mol. The van der Waals surface area contributed by atoms with E-state index in [4.69, 9.17) is 10.00 Å². The van der Waals surface area contributed by atoms with Gasteiger partial charge in [0, 0.05) is 23.9 Å². The summed E-state index contributed by atoms with van der Waals surface area (Å²) >= 11 is 0. The quantitative estimate of drug-likeness (QED) is 0.859. The van der Waals surface area contributed by atoms with Gasteiger partial charge in [-0.25, -0.2) is 0 Å². The Bertz CT molecular complexity index is 492. The molecule has 1 aliphatic carbocycles. The Morgan fingerprint density at radius 2 is 2.10 bits per heavy atom. The molecule has 0 unspecified atom stereocenters. The molecule has 1 N–H and O–H groups in total. The van der Waals surface area contributed by atoms with Crippen molar-refractivity contribution in [3.8, 4) is 11.8 Å². The summed E-state index contributed by atoms with van der Waals surface area (Å²) in [7, 11) is 0. The maximum absolute atomic E-state index is 8.82. The molecule has 3 nitrogen and oxygen atoms in total. The Balaban J connectivity index is 1.88. The van der Waals surface area contributed by atoms with E-state index in [0.717, 1.165) is 25.1 Å². The summed E-state index contributed by atoms with van der Waals surface area (Å²) < 4.78 is 5.88. The number of nitrogens with zero attached hydrogens (tertiary/aromatic N) is 1. The number of rotatable bonds is 6. The molecule has 0 atom stereocenters. The number of hydrogen-bond acceptors (Lipinski definition) is 3. The zero-order valence-electron chi connectivity index (χ0n) is 12.7. The Kier molecular flexibility index (Phi) is 4.35. The van der Waals surface area contributed by atoms with Crippen LogP contribution in [0.5, 0.6) is 5.75 Å². The van der Waals surface area contributed by atoms with Crippen LogP contribution in [0.4, 0.5) is 0 Å². The molecule has 0 aliphatic heterocycles. The maximum Gasteiger partial charge on any atom is 0.119 e.